The van der Waals surface area contributed by atoms with Crippen molar-refractivity contribution in [3.05, 3.63) is 88.3 Å². The lowest BCUT2D eigenvalue weighted by Gasteiger charge is -2.32. The third-order valence-corrected chi connectivity index (χ3v) is 5.45. The fraction of sp³-hybridized carbons (Fsp3) is 0.357. The molecular formula is C28H34N2O4. The highest BCUT2D eigenvalue weighted by atomic mass is 16.5. The van der Waals surface area contributed by atoms with Gasteiger partial charge in [-0.3, -0.25) is 4.79 Å². The van der Waals surface area contributed by atoms with Crippen molar-refractivity contribution in [2.24, 2.45) is 0 Å². The van der Waals surface area contributed by atoms with Crippen LogP contribution in [0.25, 0.3) is 0 Å². The predicted molar refractivity (Wildman–Crippen MR) is 133 cm³/mol. The molecule has 0 saturated heterocycles. The van der Waals surface area contributed by atoms with Gasteiger partial charge in [-0.2, -0.15) is 0 Å². The number of dihydropyridines is 1. The van der Waals surface area contributed by atoms with Gasteiger partial charge in [-0.05, 0) is 53.2 Å². The second-order valence-electron chi connectivity index (χ2n) is 9.03. The first kappa shape index (κ1) is 25.1. The first-order valence-electron chi connectivity index (χ1n) is 11.6. The first-order chi connectivity index (χ1) is 16.2. The van der Waals surface area contributed by atoms with E-state index in [0.717, 1.165) is 11.1 Å². The molecule has 1 amide bonds. The van der Waals surface area contributed by atoms with E-state index >= 15 is 0 Å². The molecule has 0 radical (unpaired) electrons. The number of carbonyl (C=O) groups is 2. The van der Waals surface area contributed by atoms with Gasteiger partial charge in [0.25, 0.3) is 0 Å². The molecule has 1 aliphatic heterocycles. The summed E-state index contributed by atoms with van der Waals surface area (Å²) in [6.45, 7) is 11.5. The van der Waals surface area contributed by atoms with Gasteiger partial charge in [0.15, 0.2) is 0 Å². The smallest absolute Gasteiger partial charge is 0.337 e. The number of carbonyl (C=O) groups excluding carboxylic acids is 2. The SMILES string of the molecule is CC1=C(C(=O)NC(C)C)C(c2ccccc2OCc2ccccc2)C(C(=O)OC(C)C)=C(C)N1. The van der Waals surface area contributed by atoms with Crippen molar-refractivity contribution in [1.29, 1.82) is 0 Å². The summed E-state index contributed by atoms with van der Waals surface area (Å²) in [4.78, 5) is 26.6. The van der Waals surface area contributed by atoms with Crippen molar-refractivity contribution in [2.45, 2.75) is 66.2 Å². The molecule has 6 nitrogen and oxygen atoms in total. The molecule has 6 heteroatoms. The Morgan fingerprint density at radius 1 is 0.912 bits per heavy atom. The molecule has 1 aliphatic rings. The number of esters is 1. The Morgan fingerprint density at radius 2 is 1.53 bits per heavy atom. The van der Waals surface area contributed by atoms with Crippen LogP contribution in [-0.2, 0) is 20.9 Å². The minimum atomic E-state index is -0.641. The van der Waals surface area contributed by atoms with E-state index in [9.17, 15) is 9.59 Å². The topological polar surface area (TPSA) is 76.7 Å². The van der Waals surface area contributed by atoms with Gasteiger partial charge in [0.05, 0.1) is 17.6 Å². The van der Waals surface area contributed by atoms with Crippen molar-refractivity contribution >= 4 is 11.9 Å². The predicted octanol–water partition coefficient (Wildman–Crippen LogP) is 4.98. The number of amides is 1. The normalized spacial score (nSPS) is 15.9. The lowest BCUT2D eigenvalue weighted by Crippen LogP contribution is -2.39. The third kappa shape index (κ3) is 5.87. The molecule has 2 aromatic rings. The van der Waals surface area contributed by atoms with E-state index in [2.05, 4.69) is 10.6 Å². The van der Waals surface area contributed by atoms with Gasteiger partial charge in [0, 0.05) is 28.6 Å². The number of nitrogens with one attached hydrogen (secondary N) is 2. The van der Waals surface area contributed by atoms with Crippen LogP contribution in [0.1, 0.15) is 58.6 Å². The Balaban J connectivity index is 2.11. The summed E-state index contributed by atoms with van der Waals surface area (Å²) in [5, 5.41) is 6.20. The highest BCUT2D eigenvalue weighted by Crippen LogP contribution is 2.42. The second-order valence-corrected chi connectivity index (χ2v) is 9.03. The van der Waals surface area contributed by atoms with E-state index < -0.39 is 11.9 Å². The molecule has 2 aromatic carbocycles. The van der Waals surface area contributed by atoms with Crippen LogP contribution < -0.4 is 15.4 Å². The van der Waals surface area contributed by atoms with Gasteiger partial charge in [0.2, 0.25) is 5.91 Å². The van der Waals surface area contributed by atoms with Crippen LogP contribution >= 0.6 is 0 Å². The van der Waals surface area contributed by atoms with E-state index in [-0.39, 0.29) is 18.1 Å². The molecule has 0 bridgehead atoms. The molecule has 34 heavy (non-hydrogen) atoms. The van der Waals surface area contributed by atoms with Crippen molar-refractivity contribution in [3.63, 3.8) is 0 Å². The van der Waals surface area contributed by atoms with Crippen molar-refractivity contribution < 1.29 is 19.1 Å². The highest BCUT2D eigenvalue weighted by molar-refractivity contribution is 6.02. The maximum absolute atomic E-state index is 13.4. The summed E-state index contributed by atoms with van der Waals surface area (Å²) in [7, 11) is 0. The number of benzene rings is 2. The van der Waals surface area contributed by atoms with Crippen LogP contribution in [0.2, 0.25) is 0 Å². The van der Waals surface area contributed by atoms with E-state index in [1.807, 2.05) is 96.1 Å². The third-order valence-electron chi connectivity index (χ3n) is 5.45. The summed E-state index contributed by atoms with van der Waals surface area (Å²) in [5.41, 5.74) is 4.00. The Hall–Kier alpha value is -3.54. The molecule has 180 valence electrons. The van der Waals surface area contributed by atoms with Crippen LogP contribution in [0.3, 0.4) is 0 Å². The van der Waals surface area contributed by atoms with Crippen LogP contribution in [0, 0.1) is 0 Å². The van der Waals surface area contributed by atoms with Crippen LogP contribution in [0.5, 0.6) is 5.75 Å². The molecule has 3 rings (SSSR count). The van der Waals surface area contributed by atoms with E-state index in [1.165, 1.54) is 0 Å². The summed E-state index contributed by atoms with van der Waals surface area (Å²) in [5.74, 6) is -0.711. The number of hydrogen-bond acceptors (Lipinski definition) is 5. The lowest BCUT2D eigenvalue weighted by atomic mass is 9.79. The van der Waals surface area contributed by atoms with Gasteiger partial charge in [-0.25, -0.2) is 4.79 Å². The number of ether oxygens (including phenoxy) is 2. The molecule has 1 unspecified atom stereocenters. The maximum Gasteiger partial charge on any atom is 0.337 e. The van der Waals surface area contributed by atoms with Gasteiger partial charge in [0.1, 0.15) is 12.4 Å². The molecule has 1 atom stereocenters. The van der Waals surface area contributed by atoms with E-state index in [0.29, 0.717) is 34.9 Å². The van der Waals surface area contributed by atoms with Crippen LogP contribution in [0.15, 0.2) is 77.1 Å². The fourth-order valence-corrected chi connectivity index (χ4v) is 4.08. The van der Waals surface area contributed by atoms with Crippen molar-refractivity contribution in [2.75, 3.05) is 0 Å². The van der Waals surface area contributed by atoms with Gasteiger partial charge < -0.3 is 20.1 Å². The number of rotatable bonds is 8. The number of hydrogen-bond donors (Lipinski definition) is 2. The Morgan fingerprint density at radius 3 is 2.18 bits per heavy atom. The van der Waals surface area contributed by atoms with Gasteiger partial charge >= 0.3 is 5.97 Å². The minimum absolute atomic E-state index is 0.0592. The monoisotopic (exact) mass is 462 g/mol. The first-order valence-corrected chi connectivity index (χ1v) is 11.6. The Labute approximate surface area is 202 Å². The van der Waals surface area contributed by atoms with Crippen molar-refractivity contribution in [1.82, 2.24) is 10.6 Å². The molecule has 0 saturated carbocycles. The Bertz CT molecular complexity index is 1060. The van der Waals surface area contributed by atoms with E-state index in [4.69, 9.17) is 9.47 Å². The molecular weight excluding hydrogens is 428 g/mol. The van der Waals surface area contributed by atoms with Crippen molar-refractivity contribution in [3.8, 4) is 5.75 Å². The van der Waals surface area contributed by atoms with E-state index in [1.54, 1.807) is 0 Å². The number of para-hydroxylation sites is 1. The lowest BCUT2D eigenvalue weighted by molar-refractivity contribution is -0.143. The molecule has 0 aliphatic carbocycles. The van der Waals surface area contributed by atoms with Crippen LogP contribution in [0.4, 0.5) is 0 Å². The maximum atomic E-state index is 13.4. The van der Waals surface area contributed by atoms with Gasteiger partial charge in [-0.1, -0.05) is 48.5 Å². The number of allylic oxidation sites excluding steroid dienone is 2. The molecule has 2 N–H and O–H groups in total. The quantitative estimate of drug-likeness (QED) is 0.541. The summed E-state index contributed by atoms with van der Waals surface area (Å²) in [6, 6.07) is 17.4. The molecule has 0 spiro atoms. The molecule has 1 heterocycles. The summed E-state index contributed by atoms with van der Waals surface area (Å²) < 4.78 is 11.8. The zero-order valence-corrected chi connectivity index (χ0v) is 20.8. The highest BCUT2D eigenvalue weighted by Gasteiger charge is 2.39. The average Bonchev–Trinajstić information content (AvgIpc) is 2.77. The van der Waals surface area contributed by atoms with Gasteiger partial charge in [-0.15, -0.1) is 0 Å². The summed E-state index contributed by atoms with van der Waals surface area (Å²) >= 11 is 0. The zero-order valence-electron chi connectivity index (χ0n) is 20.8. The molecule has 0 aromatic heterocycles. The summed E-state index contributed by atoms with van der Waals surface area (Å²) in [6.07, 6.45) is -0.294. The molecule has 0 fully saturated rings. The van der Waals surface area contributed by atoms with Crippen LogP contribution in [-0.4, -0.2) is 24.0 Å². The standard InChI is InChI=1S/C28H34N2O4/c1-17(2)29-27(31)24-19(5)30-20(6)25(28(32)34-18(3)4)26(24)22-14-10-11-15-23(22)33-16-21-12-8-7-9-13-21/h7-15,17-18,26,30H,16H2,1-6H3,(H,29,31). The minimum Gasteiger partial charge on any atom is -0.489 e. The average molecular weight is 463 g/mol. The Kier molecular flexibility index (Phi) is 8.16. The largest absolute Gasteiger partial charge is 0.489 e. The fourth-order valence-electron chi connectivity index (χ4n) is 4.08. The second kappa shape index (κ2) is 11.1. The zero-order chi connectivity index (χ0) is 24.8.